The van der Waals surface area contributed by atoms with E-state index in [1.54, 1.807) is 23.7 Å². The number of ketones is 3. The molecular weight excluding hydrogens is 1020 g/mol. The van der Waals surface area contributed by atoms with Gasteiger partial charge in [-0.3, -0.25) is 14.4 Å². The molecule has 12 rings (SSSR count). The minimum atomic E-state index is -0.151. The number of nitrogens with two attached hydrogens (primary N) is 3. The van der Waals surface area contributed by atoms with Gasteiger partial charge in [-0.1, -0.05) is 48.5 Å². The normalized spacial score (nSPS) is 14.5. The number of oxazole rings is 3. The number of hydrogen-bond donors (Lipinski definition) is 6. The average molecular weight is 1080 g/mol. The maximum atomic E-state index is 12.7. The fourth-order valence-corrected chi connectivity index (χ4v) is 9.97. The van der Waals surface area contributed by atoms with Crippen LogP contribution in [0.2, 0.25) is 0 Å². The van der Waals surface area contributed by atoms with Gasteiger partial charge in [0, 0.05) is 125 Å². The fraction of sp³-hybridized carbons (Fsp3) is 0.254. The summed E-state index contributed by atoms with van der Waals surface area (Å²) in [7, 11) is 0. The Morgan fingerprint density at radius 3 is 1.30 bits per heavy atom. The molecule has 406 valence electrons. The van der Waals surface area contributed by atoms with Gasteiger partial charge in [-0.05, 0) is 99.4 Å². The quantitative estimate of drug-likeness (QED) is 0.0420. The zero-order chi connectivity index (χ0) is 54.5. The highest BCUT2D eigenvalue weighted by atomic mass is 32.1. The molecule has 0 amide bonds. The second-order valence-corrected chi connectivity index (χ2v) is 20.0. The Morgan fingerprint density at radius 1 is 0.468 bits per heavy atom. The molecule has 9 N–H and O–H groups in total. The van der Waals surface area contributed by atoms with Crippen LogP contribution in [0.25, 0.3) is 32.9 Å². The average Bonchev–Trinajstić information content (AvgIpc) is 4.38. The van der Waals surface area contributed by atoms with E-state index in [1.165, 1.54) is 18.6 Å². The van der Waals surface area contributed by atoms with Crippen molar-refractivity contribution >= 4 is 63.8 Å². The molecule has 0 saturated carbocycles. The van der Waals surface area contributed by atoms with E-state index >= 15 is 0 Å². The van der Waals surface area contributed by atoms with Crippen LogP contribution < -0.4 is 47.9 Å². The van der Waals surface area contributed by atoms with Crippen LogP contribution in [-0.4, -0.2) is 111 Å². The Bertz CT molecular complexity index is 3300. The molecule has 0 bridgehead atoms. The Kier molecular flexibility index (Phi) is 17.3. The summed E-state index contributed by atoms with van der Waals surface area (Å²) in [5.41, 5.74) is 26.4. The number of benzene rings is 4. The number of furan rings is 1. The first-order chi connectivity index (χ1) is 38.6. The van der Waals surface area contributed by atoms with Crippen molar-refractivity contribution in [2.75, 3.05) is 110 Å². The number of piperazine rings is 3. The third-order valence-electron chi connectivity index (χ3n) is 13.7. The summed E-state index contributed by atoms with van der Waals surface area (Å²) < 4.78 is 22.5. The van der Waals surface area contributed by atoms with E-state index in [0.717, 1.165) is 128 Å². The van der Waals surface area contributed by atoms with Gasteiger partial charge < -0.3 is 65.5 Å². The number of Topliss-reactive ketones (excluding diaryl/α,β-unsaturated/α-hetero) is 3. The minimum absolute atomic E-state index is 0.117. The van der Waals surface area contributed by atoms with Gasteiger partial charge in [0.15, 0.2) is 17.3 Å². The number of carbonyl (C=O) groups is 3. The maximum Gasteiger partial charge on any atom is 0.297 e. The molecule has 5 aromatic heterocycles. The number of aromatic nitrogens is 3. The van der Waals surface area contributed by atoms with Crippen LogP contribution in [0.1, 0.15) is 48.4 Å². The Hall–Kier alpha value is -8.82. The number of nitrogens with one attached hydrogen (secondary N) is 3. The Balaban J connectivity index is 0.000000134. The maximum absolute atomic E-state index is 12.7. The van der Waals surface area contributed by atoms with Gasteiger partial charge in [0.2, 0.25) is 17.3 Å². The van der Waals surface area contributed by atoms with Crippen molar-refractivity contribution in [3.63, 3.8) is 0 Å². The zero-order valence-corrected chi connectivity index (χ0v) is 44.4. The highest BCUT2D eigenvalue weighted by Crippen LogP contribution is 2.30. The number of nitrogen functional groups attached to an aromatic ring is 3. The molecule has 3 aliphatic heterocycles. The monoisotopic (exact) mass is 1080 g/mol. The second kappa shape index (κ2) is 25.6. The summed E-state index contributed by atoms with van der Waals surface area (Å²) in [4.78, 5) is 58.0. The van der Waals surface area contributed by atoms with Crippen molar-refractivity contribution in [2.45, 2.75) is 19.3 Å². The number of rotatable bonds is 15. The smallest absolute Gasteiger partial charge is 0.297 e. The molecule has 8 heterocycles. The number of nitrogens with zero attached hydrogens (tertiary/aromatic N) is 6. The first-order valence-corrected chi connectivity index (χ1v) is 27.1. The number of hydrogen-bond acceptors (Lipinski definition) is 20. The highest BCUT2D eigenvalue weighted by molar-refractivity contribution is 7.13. The lowest BCUT2D eigenvalue weighted by Gasteiger charge is -2.25. The van der Waals surface area contributed by atoms with Gasteiger partial charge in [-0.2, -0.15) is 0 Å². The van der Waals surface area contributed by atoms with Crippen LogP contribution in [0.15, 0.2) is 157 Å². The lowest BCUT2D eigenvalue weighted by atomic mass is 9.99. The van der Waals surface area contributed by atoms with E-state index in [2.05, 4.69) is 37.0 Å². The molecule has 0 spiro atoms. The van der Waals surface area contributed by atoms with Gasteiger partial charge >= 0.3 is 0 Å². The molecule has 9 aromatic rings. The number of anilines is 6. The lowest BCUT2D eigenvalue weighted by molar-refractivity contribution is 0.0959. The second-order valence-electron chi connectivity index (χ2n) is 19.1. The van der Waals surface area contributed by atoms with Crippen LogP contribution >= 0.6 is 11.3 Å². The van der Waals surface area contributed by atoms with Crippen molar-refractivity contribution in [2.24, 2.45) is 0 Å². The van der Waals surface area contributed by atoms with Crippen molar-refractivity contribution in [3.05, 3.63) is 173 Å². The summed E-state index contributed by atoms with van der Waals surface area (Å²) in [5.74, 6) is 1.14. The van der Waals surface area contributed by atoms with Gasteiger partial charge in [0.05, 0.1) is 24.9 Å². The van der Waals surface area contributed by atoms with E-state index in [1.807, 2.05) is 117 Å². The van der Waals surface area contributed by atoms with Gasteiger partial charge in [-0.25, -0.2) is 15.0 Å². The van der Waals surface area contributed by atoms with E-state index in [-0.39, 0.29) is 53.9 Å². The molecule has 20 heteroatoms. The van der Waals surface area contributed by atoms with Crippen LogP contribution in [0.3, 0.4) is 0 Å². The van der Waals surface area contributed by atoms with Crippen molar-refractivity contribution in [1.82, 2.24) is 30.9 Å². The van der Waals surface area contributed by atoms with E-state index in [0.29, 0.717) is 35.1 Å². The molecular formula is C59H62N12O7S. The van der Waals surface area contributed by atoms with Crippen molar-refractivity contribution < 1.29 is 32.1 Å². The zero-order valence-electron chi connectivity index (χ0n) is 43.6. The van der Waals surface area contributed by atoms with Crippen LogP contribution in [0.4, 0.5) is 35.1 Å². The summed E-state index contributed by atoms with van der Waals surface area (Å²) in [6.07, 6.45) is 6.66. The molecule has 0 radical (unpaired) electrons. The molecule has 3 aliphatic rings. The summed E-state index contributed by atoms with van der Waals surface area (Å²) in [6.45, 7) is 10.2. The predicted molar refractivity (Wildman–Crippen MR) is 308 cm³/mol. The van der Waals surface area contributed by atoms with Crippen molar-refractivity contribution in [1.29, 1.82) is 0 Å². The predicted octanol–water partition coefficient (Wildman–Crippen LogP) is 7.93. The van der Waals surface area contributed by atoms with Gasteiger partial charge in [0.1, 0.15) is 5.76 Å². The first kappa shape index (κ1) is 53.6. The summed E-state index contributed by atoms with van der Waals surface area (Å²) >= 11 is 1.66. The standard InChI is InChI=1S/C21H22N4O2.C19H20N4O3.C19H20N4O2S/c22-18-7-6-16(15-4-2-1-3-5-15)12-17(18)13-19(26)20-14-24-21(27-20)25-10-8-23-9-11-25;20-15-4-3-13(17-2-1-9-25-17)10-14(15)11-16(24)18-12-22-19(26-18)23-7-5-21-6-8-23;20-15-4-3-13(18-2-1-9-26-18)10-14(15)11-16(24)17-12-22-19(25-17)23-7-5-21-6-8-23/h1-7,12,14,23H,8-11,13,22H2;2*1-4,9-10,12,21H,5-8,11,20H2. The molecule has 4 aromatic carbocycles. The summed E-state index contributed by atoms with van der Waals surface area (Å²) in [5, 5.41) is 11.9. The summed E-state index contributed by atoms with van der Waals surface area (Å²) in [6, 6.07) is 36.4. The third kappa shape index (κ3) is 13.7. The Labute approximate surface area is 460 Å². The topological polar surface area (TPSA) is 266 Å². The largest absolute Gasteiger partial charge is 0.464 e. The van der Waals surface area contributed by atoms with Gasteiger partial charge in [-0.15, -0.1) is 11.3 Å². The lowest BCUT2D eigenvalue weighted by Crippen LogP contribution is -2.43. The minimum Gasteiger partial charge on any atom is -0.464 e. The molecule has 0 atom stereocenters. The molecule has 3 saturated heterocycles. The first-order valence-electron chi connectivity index (χ1n) is 26.2. The van der Waals surface area contributed by atoms with Crippen molar-refractivity contribution in [3.8, 4) is 32.9 Å². The van der Waals surface area contributed by atoms with Crippen LogP contribution in [0.5, 0.6) is 0 Å². The van der Waals surface area contributed by atoms with Crippen LogP contribution in [-0.2, 0) is 19.3 Å². The Morgan fingerprint density at radius 2 is 0.886 bits per heavy atom. The SMILES string of the molecule is Nc1ccc(-c2ccccc2)cc1CC(=O)c1cnc(N2CCNCC2)o1.Nc1ccc(-c2ccco2)cc1CC(=O)c1cnc(N2CCNCC2)o1.Nc1ccc(-c2cccs2)cc1CC(=O)c1cnc(N2CCNCC2)o1. The molecule has 0 unspecified atom stereocenters. The molecule has 3 fully saturated rings. The van der Waals surface area contributed by atoms with E-state index in [9.17, 15) is 14.4 Å². The van der Waals surface area contributed by atoms with E-state index < -0.39 is 0 Å². The molecule has 79 heavy (non-hydrogen) atoms. The number of thiophene rings is 1. The van der Waals surface area contributed by atoms with Gasteiger partial charge in [0.25, 0.3) is 18.0 Å². The van der Waals surface area contributed by atoms with E-state index in [4.69, 9.17) is 34.9 Å². The molecule has 0 aliphatic carbocycles. The third-order valence-corrected chi connectivity index (χ3v) is 14.6. The molecule has 19 nitrogen and oxygen atoms in total. The highest BCUT2D eigenvalue weighted by Gasteiger charge is 2.23. The number of carbonyl (C=O) groups excluding carboxylic acids is 3. The van der Waals surface area contributed by atoms with Crippen LogP contribution in [0, 0.1) is 0 Å². The fourth-order valence-electron chi connectivity index (χ4n) is 9.25.